The molecule has 45 heavy (non-hydrogen) atoms. The van der Waals surface area contributed by atoms with E-state index in [1.807, 2.05) is 56.3 Å². The Morgan fingerprint density at radius 1 is 0.911 bits per heavy atom. The third-order valence-corrected chi connectivity index (χ3v) is 10.8. The summed E-state index contributed by atoms with van der Waals surface area (Å²) >= 11 is 0. The predicted molar refractivity (Wildman–Crippen MR) is 170 cm³/mol. The molecule has 0 amide bonds. The molecule has 8 nitrogen and oxygen atoms in total. The minimum absolute atomic E-state index is 0.0391. The highest BCUT2D eigenvalue weighted by Crippen LogP contribution is 2.60. The maximum absolute atomic E-state index is 11.2. The van der Waals surface area contributed by atoms with Crippen molar-refractivity contribution >= 4 is 32.8 Å². The van der Waals surface area contributed by atoms with Crippen molar-refractivity contribution in [1.29, 1.82) is 0 Å². The molecule has 1 unspecified atom stereocenters. The van der Waals surface area contributed by atoms with Crippen LogP contribution in [-0.2, 0) is 24.4 Å². The molecule has 3 aromatic carbocycles. The second-order valence-electron chi connectivity index (χ2n) is 14.4. The predicted octanol–water partition coefficient (Wildman–Crippen LogP) is 6.57. The Kier molecular flexibility index (Phi) is 5.78. The summed E-state index contributed by atoms with van der Waals surface area (Å²) in [7, 11) is 0. The molecule has 7 atom stereocenters. The van der Waals surface area contributed by atoms with Crippen LogP contribution in [0.3, 0.4) is 0 Å². The fourth-order valence-corrected chi connectivity index (χ4v) is 8.70. The van der Waals surface area contributed by atoms with Crippen LogP contribution < -0.4 is 4.74 Å². The van der Waals surface area contributed by atoms with Crippen molar-refractivity contribution in [3.63, 3.8) is 0 Å². The Labute approximate surface area is 262 Å². The summed E-state index contributed by atoms with van der Waals surface area (Å²) in [5.41, 5.74) is 4.84. The molecule has 1 N–H and O–H groups in total. The third-order valence-electron chi connectivity index (χ3n) is 10.8. The average molecular weight is 607 g/mol. The van der Waals surface area contributed by atoms with Crippen molar-refractivity contribution in [2.75, 3.05) is 6.61 Å². The largest absolute Gasteiger partial charge is 0.486 e. The van der Waals surface area contributed by atoms with Crippen LogP contribution in [0.1, 0.15) is 64.7 Å². The van der Waals surface area contributed by atoms with Gasteiger partial charge in [0.2, 0.25) is 0 Å². The van der Waals surface area contributed by atoms with Crippen LogP contribution in [0.5, 0.6) is 5.75 Å². The number of fused-ring (bicyclic) bond motifs is 13. The Balaban J connectivity index is 1.28. The maximum atomic E-state index is 11.2. The summed E-state index contributed by atoms with van der Waals surface area (Å²) in [6.07, 6.45) is 5.77. The number of hydrogen-bond acceptors (Lipinski definition) is 8. The maximum Gasteiger partial charge on any atom is 0.190 e. The van der Waals surface area contributed by atoms with Crippen molar-refractivity contribution in [2.45, 2.75) is 95.0 Å². The summed E-state index contributed by atoms with van der Waals surface area (Å²) in [5.74, 6) is 0.0455. The van der Waals surface area contributed by atoms with Gasteiger partial charge < -0.3 is 28.8 Å². The Bertz CT molecular complexity index is 1970. The van der Waals surface area contributed by atoms with E-state index in [1.165, 1.54) is 0 Å². The Hall–Kier alpha value is -3.40. The van der Waals surface area contributed by atoms with Gasteiger partial charge in [-0.1, -0.05) is 55.5 Å². The average Bonchev–Trinajstić information content (AvgIpc) is 3.52. The van der Waals surface area contributed by atoms with E-state index in [9.17, 15) is 5.11 Å². The smallest absolute Gasteiger partial charge is 0.190 e. The Morgan fingerprint density at radius 3 is 2.51 bits per heavy atom. The highest BCUT2D eigenvalue weighted by atomic mass is 16.8. The van der Waals surface area contributed by atoms with Crippen molar-refractivity contribution in [3.05, 3.63) is 77.4 Å². The van der Waals surface area contributed by atoms with Gasteiger partial charge in [-0.25, -0.2) is 9.97 Å². The highest BCUT2D eigenvalue weighted by molar-refractivity contribution is 6.11. The molecule has 5 aliphatic rings. The van der Waals surface area contributed by atoms with E-state index >= 15 is 0 Å². The second kappa shape index (κ2) is 9.33. The molecular formula is C37H38N2O6. The minimum atomic E-state index is -0.738. The lowest BCUT2D eigenvalue weighted by Crippen LogP contribution is -2.65. The van der Waals surface area contributed by atoms with Gasteiger partial charge >= 0.3 is 0 Å². The molecule has 1 aromatic heterocycles. The quantitative estimate of drug-likeness (QED) is 0.203. The molecule has 5 heterocycles. The number of aliphatic hydroxyl groups is 1. The third kappa shape index (κ3) is 3.90. The highest BCUT2D eigenvalue weighted by Gasteiger charge is 2.68. The van der Waals surface area contributed by atoms with Crippen LogP contribution in [0, 0.1) is 5.92 Å². The monoisotopic (exact) mass is 606 g/mol. The normalized spacial score (nSPS) is 33.3. The molecule has 4 aliphatic heterocycles. The molecule has 0 bridgehead atoms. The number of aromatic nitrogens is 2. The van der Waals surface area contributed by atoms with E-state index in [0.29, 0.717) is 6.61 Å². The van der Waals surface area contributed by atoms with E-state index in [2.05, 4.69) is 39.0 Å². The molecule has 8 heteroatoms. The molecule has 0 saturated carbocycles. The summed E-state index contributed by atoms with van der Waals surface area (Å²) in [6, 6.07) is 14.2. The number of ether oxygens (including phenoxy) is 5. The van der Waals surface area contributed by atoms with Crippen LogP contribution in [0.25, 0.3) is 32.8 Å². The molecule has 9 rings (SSSR count). The first-order valence-electron chi connectivity index (χ1n) is 16.1. The van der Waals surface area contributed by atoms with Gasteiger partial charge in [0, 0.05) is 27.7 Å². The van der Waals surface area contributed by atoms with Crippen LogP contribution in [0.4, 0.5) is 0 Å². The van der Waals surface area contributed by atoms with Crippen LogP contribution in [0.2, 0.25) is 0 Å². The zero-order valence-electron chi connectivity index (χ0n) is 26.2. The van der Waals surface area contributed by atoms with E-state index in [-0.39, 0.29) is 24.2 Å². The van der Waals surface area contributed by atoms with Crippen molar-refractivity contribution in [2.24, 2.45) is 5.92 Å². The molecule has 1 aliphatic carbocycles. The molecule has 0 spiro atoms. The van der Waals surface area contributed by atoms with E-state index in [1.54, 1.807) is 0 Å². The van der Waals surface area contributed by atoms with Gasteiger partial charge in [0.25, 0.3) is 0 Å². The van der Waals surface area contributed by atoms with Crippen molar-refractivity contribution in [3.8, 4) is 5.75 Å². The number of hydrogen-bond donors (Lipinski definition) is 1. The summed E-state index contributed by atoms with van der Waals surface area (Å²) < 4.78 is 32.9. The zero-order chi connectivity index (χ0) is 30.9. The second-order valence-corrected chi connectivity index (χ2v) is 14.4. The van der Waals surface area contributed by atoms with E-state index in [4.69, 9.17) is 33.7 Å². The lowest BCUT2D eigenvalue weighted by molar-refractivity contribution is -0.254. The number of aliphatic hydroxyl groups excluding tert-OH is 1. The fraction of sp³-hybridized carbons (Fsp3) is 0.459. The fourth-order valence-electron chi connectivity index (χ4n) is 8.70. The lowest BCUT2D eigenvalue weighted by atomic mass is 9.58. The lowest BCUT2D eigenvalue weighted by Gasteiger charge is -2.57. The number of nitrogens with zero attached hydrogens (tertiary/aromatic N) is 2. The summed E-state index contributed by atoms with van der Waals surface area (Å²) in [6.45, 7) is 10.9. The van der Waals surface area contributed by atoms with E-state index < -0.39 is 29.2 Å². The first-order chi connectivity index (χ1) is 21.5. The molecule has 0 radical (unpaired) electrons. The van der Waals surface area contributed by atoms with Gasteiger partial charge in [-0.2, -0.15) is 0 Å². The molecular weight excluding hydrogens is 568 g/mol. The summed E-state index contributed by atoms with van der Waals surface area (Å²) in [4.78, 5) is 10.6. The topological polar surface area (TPSA) is 92.2 Å². The molecule has 4 aromatic rings. The number of rotatable bonds is 2. The standard InChI is InChI=1S/C37H38N2O6/c1-35(2)25-18-41-31-32-34(45-36(3,4)44-32)42-33(31)37(25,5)26-28-27(21-13-9-10-14-22(21)30(26)43-35)39-24-17-20(15-16-23(24)38-28)29(40)19-11-7-6-8-12-19/h6-7,9-11,13-17,25,29,31-34,40H,8,12,18H2,1-5H3/t25-,29?,31-,32-,33+,34-,37-/m1/s1. The minimum Gasteiger partial charge on any atom is -0.486 e. The van der Waals surface area contributed by atoms with Gasteiger partial charge in [-0.3, -0.25) is 0 Å². The zero-order valence-corrected chi connectivity index (χ0v) is 26.2. The number of benzene rings is 3. The SMILES string of the molecule is CC1(C)O[C@H]2O[C@H]3[C@H](OC[C@@H]4C(C)(C)Oc5c(c6nc7ccc(C(O)C8=CC=CCC8)cc7nc6c6ccccc56)[C@@]43C)[C@H]2O1. The van der Waals surface area contributed by atoms with E-state index in [0.717, 1.165) is 68.1 Å². The summed E-state index contributed by atoms with van der Waals surface area (Å²) in [5, 5.41) is 13.2. The first kappa shape index (κ1) is 27.9. The first-order valence-corrected chi connectivity index (χ1v) is 16.1. The van der Waals surface area contributed by atoms with Crippen molar-refractivity contribution < 1.29 is 28.8 Å². The van der Waals surface area contributed by atoms with Gasteiger partial charge in [0.1, 0.15) is 29.7 Å². The number of allylic oxidation sites excluding steroid dienone is 3. The molecule has 232 valence electrons. The molecule has 3 saturated heterocycles. The van der Waals surface area contributed by atoms with Crippen LogP contribution >= 0.6 is 0 Å². The van der Waals surface area contributed by atoms with Gasteiger partial charge in [0.15, 0.2) is 12.1 Å². The molecule has 3 fully saturated rings. The van der Waals surface area contributed by atoms with Gasteiger partial charge in [-0.15, -0.1) is 0 Å². The Morgan fingerprint density at radius 2 is 1.71 bits per heavy atom. The van der Waals surface area contributed by atoms with Crippen LogP contribution in [-0.4, -0.2) is 57.7 Å². The van der Waals surface area contributed by atoms with Gasteiger partial charge in [-0.05, 0) is 63.8 Å². The van der Waals surface area contributed by atoms with Crippen molar-refractivity contribution in [1.82, 2.24) is 9.97 Å². The van der Waals surface area contributed by atoms with Gasteiger partial charge in [0.05, 0.1) is 34.8 Å². The van der Waals surface area contributed by atoms with Crippen LogP contribution in [0.15, 0.2) is 66.3 Å².